The predicted molar refractivity (Wildman–Crippen MR) is 63.6 cm³/mol. The van der Waals surface area contributed by atoms with Crippen molar-refractivity contribution in [2.45, 2.75) is 25.9 Å². The fraction of sp³-hybridized carbons (Fsp3) is 0.500. The van der Waals surface area contributed by atoms with Crippen molar-refractivity contribution in [1.29, 1.82) is 0 Å². The quantitative estimate of drug-likeness (QED) is 0.715. The van der Waals surface area contributed by atoms with E-state index in [-0.39, 0.29) is 18.6 Å². The third-order valence-electron chi connectivity index (χ3n) is 2.53. The summed E-state index contributed by atoms with van der Waals surface area (Å²) in [6.07, 6.45) is 2.35. The van der Waals surface area contributed by atoms with Crippen molar-refractivity contribution in [3.63, 3.8) is 0 Å². The number of carbonyl (C=O) groups excluding carboxylic acids is 1. The van der Waals surface area contributed by atoms with Gasteiger partial charge in [0.25, 0.3) is 0 Å². The molecule has 1 heterocycles. The maximum absolute atomic E-state index is 11.2. The van der Waals surface area contributed by atoms with Crippen molar-refractivity contribution in [2.75, 3.05) is 13.7 Å². The molecule has 1 unspecified atom stereocenters. The van der Waals surface area contributed by atoms with Gasteiger partial charge >= 0.3 is 5.97 Å². The second-order valence-electron chi connectivity index (χ2n) is 3.70. The predicted octanol–water partition coefficient (Wildman–Crippen LogP) is 0.729. The number of aliphatic hydroxyl groups excluding tert-OH is 1. The highest BCUT2D eigenvalue weighted by molar-refractivity contribution is 5.88. The summed E-state index contributed by atoms with van der Waals surface area (Å²) in [5.41, 5.74) is 1.26. The van der Waals surface area contributed by atoms with E-state index >= 15 is 0 Å². The van der Waals surface area contributed by atoms with Crippen LogP contribution in [0.4, 0.5) is 0 Å². The van der Waals surface area contributed by atoms with Gasteiger partial charge in [-0.25, -0.2) is 4.79 Å². The number of aliphatic hydroxyl groups is 1. The Bertz CT molecular complexity index is 347. The Hall–Kier alpha value is -1.46. The van der Waals surface area contributed by atoms with Crippen LogP contribution in [0.1, 0.15) is 29.4 Å². The number of nitrogens with zero attached hydrogens (tertiary/aromatic N) is 1. The first-order valence-corrected chi connectivity index (χ1v) is 5.58. The molecule has 2 N–H and O–H groups in total. The molecule has 0 saturated carbocycles. The number of nitrogens with one attached hydrogen (secondary N) is 1. The van der Waals surface area contributed by atoms with Crippen LogP contribution >= 0.6 is 0 Å². The third kappa shape index (κ3) is 4.13. The molecule has 1 aromatic rings. The Morgan fingerprint density at radius 2 is 2.35 bits per heavy atom. The lowest BCUT2D eigenvalue weighted by atomic mass is 10.2. The minimum atomic E-state index is -0.390. The van der Waals surface area contributed by atoms with E-state index in [1.54, 1.807) is 12.1 Å². The number of rotatable bonds is 6. The Morgan fingerprint density at radius 3 is 2.82 bits per heavy atom. The number of esters is 1. The van der Waals surface area contributed by atoms with Crippen molar-refractivity contribution < 1.29 is 14.6 Å². The topological polar surface area (TPSA) is 71.5 Å². The van der Waals surface area contributed by atoms with Crippen LogP contribution in [0, 0.1) is 0 Å². The molecule has 0 fully saturated rings. The summed E-state index contributed by atoms with van der Waals surface area (Å²) in [6.45, 7) is 2.68. The summed E-state index contributed by atoms with van der Waals surface area (Å²) in [6, 6.07) is 3.52. The average Bonchev–Trinajstić information content (AvgIpc) is 2.39. The van der Waals surface area contributed by atoms with E-state index in [0.717, 1.165) is 12.1 Å². The number of ether oxygens (including phenoxy) is 1. The molecule has 0 saturated heterocycles. The molecule has 1 aromatic heterocycles. The molecule has 17 heavy (non-hydrogen) atoms. The molecular formula is C12H18N2O3. The Kier molecular flexibility index (Phi) is 5.59. The average molecular weight is 238 g/mol. The molecule has 0 aliphatic carbocycles. The normalized spacial score (nSPS) is 12.2. The third-order valence-corrected chi connectivity index (χ3v) is 2.53. The van der Waals surface area contributed by atoms with Gasteiger partial charge in [-0.1, -0.05) is 6.92 Å². The summed E-state index contributed by atoms with van der Waals surface area (Å²) in [5, 5.41) is 12.2. The van der Waals surface area contributed by atoms with Crippen LogP contribution in [0.25, 0.3) is 0 Å². The van der Waals surface area contributed by atoms with Gasteiger partial charge in [-0.3, -0.25) is 4.98 Å². The van der Waals surface area contributed by atoms with Gasteiger partial charge in [0.1, 0.15) is 0 Å². The van der Waals surface area contributed by atoms with Crippen LogP contribution in [0.5, 0.6) is 0 Å². The number of hydrogen-bond donors (Lipinski definition) is 2. The number of carbonyl (C=O) groups is 1. The fourth-order valence-electron chi connectivity index (χ4n) is 1.35. The lowest BCUT2D eigenvalue weighted by Gasteiger charge is -2.13. The summed E-state index contributed by atoms with van der Waals surface area (Å²) in [5.74, 6) is -0.390. The first-order chi connectivity index (χ1) is 8.21. The second kappa shape index (κ2) is 6.98. The van der Waals surface area contributed by atoms with Gasteiger partial charge in [0, 0.05) is 18.8 Å². The van der Waals surface area contributed by atoms with Crippen molar-refractivity contribution in [2.24, 2.45) is 0 Å². The molecule has 5 nitrogen and oxygen atoms in total. The second-order valence-corrected chi connectivity index (χ2v) is 3.70. The summed E-state index contributed by atoms with van der Waals surface area (Å²) in [4.78, 5) is 15.3. The largest absolute Gasteiger partial charge is 0.465 e. The molecule has 1 rings (SSSR count). The van der Waals surface area contributed by atoms with Gasteiger partial charge in [0.05, 0.1) is 25.0 Å². The molecule has 5 heteroatoms. The van der Waals surface area contributed by atoms with Crippen molar-refractivity contribution in [3.05, 3.63) is 29.6 Å². The highest BCUT2D eigenvalue weighted by Gasteiger charge is 2.07. The van der Waals surface area contributed by atoms with E-state index in [2.05, 4.69) is 15.0 Å². The highest BCUT2D eigenvalue weighted by atomic mass is 16.5. The van der Waals surface area contributed by atoms with Gasteiger partial charge in [-0.15, -0.1) is 0 Å². The number of aromatic nitrogens is 1. The zero-order valence-corrected chi connectivity index (χ0v) is 10.1. The van der Waals surface area contributed by atoms with Crippen LogP contribution in [-0.2, 0) is 11.3 Å². The van der Waals surface area contributed by atoms with E-state index in [9.17, 15) is 4.79 Å². The molecule has 0 amide bonds. The van der Waals surface area contributed by atoms with Gasteiger partial charge in [-0.05, 0) is 18.6 Å². The maximum Gasteiger partial charge on any atom is 0.339 e. The molecule has 94 valence electrons. The van der Waals surface area contributed by atoms with E-state index in [4.69, 9.17) is 5.11 Å². The highest BCUT2D eigenvalue weighted by Crippen LogP contribution is 2.02. The van der Waals surface area contributed by atoms with Crippen LogP contribution in [0.3, 0.4) is 0 Å². The van der Waals surface area contributed by atoms with Crippen LogP contribution in [-0.4, -0.2) is 35.8 Å². The number of pyridine rings is 1. The van der Waals surface area contributed by atoms with E-state index in [1.807, 2.05) is 6.92 Å². The van der Waals surface area contributed by atoms with E-state index in [1.165, 1.54) is 13.3 Å². The van der Waals surface area contributed by atoms with Gasteiger partial charge < -0.3 is 15.2 Å². The lowest BCUT2D eigenvalue weighted by Crippen LogP contribution is -2.31. The number of hydrogen-bond acceptors (Lipinski definition) is 5. The van der Waals surface area contributed by atoms with Gasteiger partial charge in [0.15, 0.2) is 0 Å². The van der Waals surface area contributed by atoms with E-state index < -0.39 is 0 Å². The smallest absolute Gasteiger partial charge is 0.339 e. The van der Waals surface area contributed by atoms with Crippen LogP contribution in [0.2, 0.25) is 0 Å². The summed E-state index contributed by atoms with van der Waals surface area (Å²) >= 11 is 0. The first-order valence-electron chi connectivity index (χ1n) is 5.58. The van der Waals surface area contributed by atoms with Crippen LogP contribution < -0.4 is 5.32 Å². The molecule has 0 aliphatic rings. The molecule has 0 radical (unpaired) electrons. The molecule has 0 bridgehead atoms. The van der Waals surface area contributed by atoms with Crippen molar-refractivity contribution >= 4 is 5.97 Å². The van der Waals surface area contributed by atoms with E-state index in [0.29, 0.717) is 12.1 Å². The monoisotopic (exact) mass is 238 g/mol. The summed E-state index contributed by atoms with van der Waals surface area (Å²) < 4.78 is 4.58. The maximum atomic E-state index is 11.2. The van der Waals surface area contributed by atoms with Crippen molar-refractivity contribution in [1.82, 2.24) is 10.3 Å². The minimum Gasteiger partial charge on any atom is -0.465 e. The van der Waals surface area contributed by atoms with Crippen LogP contribution in [0.15, 0.2) is 18.3 Å². The van der Waals surface area contributed by atoms with Gasteiger partial charge in [0.2, 0.25) is 0 Å². The Labute approximate surface area is 101 Å². The SMILES string of the molecule is CCC(CO)NCc1ccc(C(=O)OC)cn1. The molecule has 0 aliphatic heterocycles. The summed E-state index contributed by atoms with van der Waals surface area (Å²) in [7, 11) is 1.34. The number of methoxy groups -OCH3 is 1. The van der Waals surface area contributed by atoms with Crippen molar-refractivity contribution in [3.8, 4) is 0 Å². The fourth-order valence-corrected chi connectivity index (χ4v) is 1.35. The Balaban J connectivity index is 2.53. The minimum absolute atomic E-state index is 0.0806. The Morgan fingerprint density at radius 1 is 1.59 bits per heavy atom. The zero-order valence-electron chi connectivity index (χ0n) is 10.1. The van der Waals surface area contributed by atoms with Gasteiger partial charge in [-0.2, -0.15) is 0 Å². The zero-order chi connectivity index (χ0) is 12.7. The molecular weight excluding hydrogens is 220 g/mol. The first kappa shape index (κ1) is 13.6. The lowest BCUT2D eigenvalue weighted by molar-refractivity contribution is 0.0600. The molecule has 1 atom stereocenters. The standard InChI is InChI=1S/C12H18N2O3/c1-3-10(8-15)14-7-11-5-4-9(6-13-11)12(16)17-2/h4-6,10,14-15H,3,7-8H2,1-2H3. The molecule has 0 spiro atoms. The molecule has 0 aromatic carbocycles.